The smallest absolute Gasteiger partial charge is 0.340 e. The van der Waals surface area contributed by atoms with Gasteiger partial charge in [-0.05, 0) is 68.6 Å². The van der Waals surface area contributed by atoms with Gasteiger partial charge in [0.1, 0.15) is 5.70 Å². The lowest BCUT2D eigenvalue weighted by Gasteiger charge is -2.37. The van der Waals surface area contributed by atoms with Crippen molar-refractivity contribution in [3.8, 4) is 0 Å². The second-order valence-corrected chi connectivity index (χ2v) is 8.35. The summed E-state index contributed by atoms with van der Waals surface area (Å²) in [7, 11) is 0. The Morgan fingerprint density at radius 1 is 0.923 bits per heavy atom. The van der Waals surface area contributed by atoms with E-state index >= 15 is 0 Å². The summed E-state index contributed by atoms with van der Waals surface area (Å²) in [5, 5.41) is 0. The van der Waals surface area contributed by atoms with Crippen LogP contribution in [0.2, 0.25) is 0 Å². The first-order valence-corrected chi connectivity index (χ1v) is 10.9. The standard InChI is InChI=1S/C18H19Br3N2O3/c1-4-22-7-8-23(5-2)16-15(22)9-10(17(16)24)12(19)14(21)13(20)11(9)18(25)26-6-3/h4-8H2,1-3H3. The van der Waals surface area contributed by atoms with Gasteiger partial charge >= 0.3 is 5.97 Å². The average Bonchev–Trinajstić information content (AvgIpc) is 2.93. The van der Waals surface area contributed by atoms with Crippen LogP contribution in [0.3, 0.4) is 0 Å². The third-order valence-corrected chi connectivity index (χ3v) is 8.19. The number of benzene rings is 1. The lowest BCUT2D eigenvalue weighted by atomic mass is 10.0. The summed E-state index contributed by atoms with van der Waals surface area (Å²) in [4.78, 5) is 30.4. The van der Waals surface area contributed by atoms with E-state index in [1.165, 1.54) is 0 Å². The Labute approximate surface area is 178 Å². The molecule has 1 aromatic carbocycles. The van der Waals surface area contributed by atoms with Crippen LogP contribution in [0.4, 0.5) is 0 Å². The SMILES string of the molecule is CCOC(=O)c1c(Br)c(Br)c(Br)c2c1C1=C(C2=O)N(CC)CCN1CC. The van der Waals surface area contributed by atoms with E-state index in [-0.39, 0.29) is 12.4 Å². The van der Waals surface area contributed by atoms with E-state index < -0.39 is 5.97 Å². The summed E-state index contributed by atoms with van der Waals surface area (Å²) in [5.74, 6) is -0.490. The lowest BCUT2D eigenvalue weighted by molar-refractivity contribution is 0.0524. The van der Waals surface area contributed by atoms with Gasteiger partial charge in [0.2, 0.25) is 5.78 Å². The number of hydrogen-bond acceptors (Lipinski definition) is 5. The summed E-state index contributed by atoms with van der Waals surface area (Å²) in [6.45, 7) is 9.24. The number of ether oxygens (including phenoxy) is 1. The van der Waals surface area contributed by atoms with Crippen LogP contribution in [0.5, 0.6) is 0 Å². The van der Waals surface area contributed by atoms with Crippen molar-refractivity contribution >= 4 is 65.2 Å². The first-order valence-electron chi connectivity index (χ1n) is 8.55. The van der Waals surface area contributed by atoms with E-state index in [1.807, 2.05) is 6.92 Å². The zero-order chi connectivity index (χ0) is 19.2. The van der Waals surface area contributed by atoms with Gasteiger partial charge in [0, 0.05) is 50.7 Å². The first kappa shape index (κ1) is 19.9. The fourth-order valence-electron chi connectivity index (χ4n) is 3.55. The maximum atomic E-state index is 13.3. The van der Waals surface area contributed by atoms with Crippen molar-refractivity contribution in [2.75, 3.05) is 32.8 Å². The number of fused-ring (bicyclic) bond motifs is 2. The van der Waals surface area contributed by atoms with Crippen molar-refractivity contribution < 1.29 is 14.3 Å². The summed E-state index contributed by atoms with van der Waals surface area (Å²) in [6, 6.07) is 0. The monoisotopic (exact) mass is 548 g/mol. The number of rotatable bonds is 4. The van der Waals surface area contributed by atoms with Crippen LogP contribution in [-0.2, 0) is 4.74 Å². The third-order valence-electron chi connectivity index (χ3n) is 4.74. The normalized spacial score (nSPS) is 16.2. The molecule has 1 aliphatic carbocycles. The number of ketones is 1. The van der Waals surface area contributed by atoms with Gasteiger partial charge < -0.3 is 14.5 Å². The van der Waals surface area contributed by atoms with Crippen molar-refractivity contribution in [1.29, 1.82) is 0 Å². The molecule has 0 unspecified atom stereocenters. The van der Waals surface area contributed by atoms with Crippen LogP contribution < -0.4 is 0 Å². The Hall–Kier alpha value is -0.860. The number of allylic oxidation sites excluding steroid dienone is 1. The molecular weight excluding hydrogens is 532 g/mol. The topological polar surface area (TPSA) is 49.9 Å². The highest BCUT2D eigenvalue weighted by atomic mass is 79.9. The van der Waals surface area contributed by atoms with Crippen LogP contribution >= 0.6 is 47.8 Å². The van der Waals surface area contributed by atoms with Crippen LogP contribution in [0.15, 0.2) is 19.1 Å². The molecule has 1 heterocycles. The van der Waals surface area contributed by atoms with E-state index in [0.717, 1.165) is 31.9 Å². The predicted molar refractivity (Wildman–Crippen MR) is 111 cm³/mol. The molecule has 0 aromatic heterocycles. The molecule has 1 aromatic rings. The minimum atomic E-state index is -0.435. The molecule has 0 spiro atoms. The van der Waals surface area contributed by atoms with Crippen molar-refractivity contribution in [3.63, 3.8) is 0 Å². The number of likely N-dealkylation sites (N-methyl/N-ethyl adjacent to an activating group) is 2. The summed E-state index contributed by atoms with van der Waals surface area (Å²) in [5.41, 5.74) is 3.08. The minimum Gasteiger partial charge on any atom is -0.462 e. The molecule has 8 heteroatoms. The van der Waals surface area contributed by atoms with Gasteiger partial charge in [-0.2, -0.15) is 0 Å². The predicted octanol–water partition coefficient (Wildman–Crippen LogP) is 4.67. The molecule has 5 nitrogen and oxygen atoms in total. The largest absolute Gasteiger partial charge is 0.462 e. The number of nitrogens with zero attached hydrogens (tertiary/aromatic N) is 2. The molecule has 0 bridgehead atoms. The second kappa shape index (κ2) is 7.64. The Morgan fingerprint density at radius 3 is 2.04 bits per heavy atom. The van der Waals surface area contributed by atoms with Gasteiger partial charge in [-0.15, -0.1) is 0 Å². The van der Waals surface area contributed by atoms with E-state index in [4.69, 9.17) is 4.74 Å². The van der Waals surface area contributed by atoms with Gasteiger partial charge in [0.05, 0.1) is 17.9 Å². The molecule has 2 aliphatic rings. The van der Waals surface area contributed by atoms with E-state index in [1.54, 1.807) is 6.92 Å². The van der Waals surface area contributed by atoms with Crippen LogP contribution in [0, 0.1) is 0 Å². The maximum Gasteiger partial charge on any atom is 0.340 e. The minimum absolute atomic E-state index is 0.0550. The van der Waals surface area contributed by atoms with Crippen molar-refractivity contribution in [3.05, 3.63) is 35.8 Å². The summed E-state index contributed by atoms with van der Waals surface area (Å²) >= 11 is 10.6. The highest BCUT2D eigenvalue weighted by molar-refractivity contribution is 9.14. The van der Waals surface area contributed by atoms with E-state index in [2.05, 4.69) is 64.5 Å². The Bertz CT molecular complexity index is 836. The number of Topliss-reactive ketones (excluding diaryl/α,β-unsaturated/α-hetero) is 1. The third kappa shape index (κ3) is 2.85. The van der Waals surface area contributed by atoms with Crippen molar-refractivity contribution in [2.45, 2.75) is 20.8 Å². The van der Waals surface area contributed by atoms with Crippen LogP contribution in [0.25, 0.3) is 5.70 Å². The Kier molecular flexibility index (Phi) is 5.84. The fourth-order valence-corrected chi connectivity index (χ4v) is 5.35. The number of esters is 1. The van der Waals surface area contributed by atoms with Gasteiger partial charge in [0.15, 0.2) is 0 Å². The Morgan fingerprint density at radius 2 is 1.50 bits per heavy atom. The quantitative estimate of drug-likeness (QED) is 0.403. The molecule has 1 aliphatic heterocycles. The molecule has 0 N–H and O–H groups in total. The highest BCUT2D eigenvalue weighted by Crippen LogP contribution is 2.49. The summed E-state index contributed by atoms with van der Waals surface area (Å²) in [6.07, 6.45) is 0. The van der Waals surface area contributed by atoms with E-state index in [9.17, 15) is 9.59 Å². The molecule has 0 fully saturated rings. The highest BCUT2D eigenvalue weighted by Gasteiger charge is 2.43. The molecule has 0 radical (unpaired) electrons. The molecular formula is C18H19Br3N2O3. The average molecular weight is 551 g/mol. The van der Waals surface area contributed by atoms with Crippen molar-refractivity contribution in [1.82, 2.24) is 9.80 Å². The molecule has 26 heavy (non-hydrogen) atoms. The zero-order valence-electron chi connectivity index (χ0n) is 14.8. The maximum absolute atomic E-state index is 13.3. The molecule has 140 valence electrons. The number of carbonyl (C=O) groups is 2. The molecule has 3 rings (SSSR count). The molecule has 0 atom stereocenters. The van der Waals surface area contributed by atoms with Gasteiger partial charge in [-0.3, -0.25) is 4.79 Å². The van der Waals surface area contributed by atoms with E-state index in [0.29, 0.717) is 35.8 Å². The van der Waals surface area contributed by atoms with Gasteiger partial charge in [0.25, 0.3) is 0 Å². The Balaban J connectivity index is 2.38. The lowest BCUT2D eigenvalue weighted by Crippen LogP contribution is -2.41. The van der Waals surface area contributed by atoms with Crippen molar-refractivity contribution in [2.24, 2.45) is 0 Å². The number of hydrogen-bond donors (Lipinski definition) is 0. The molecule has 0 saturated carbocycles. The second-order valence-electron chi connectivity index (χ2n) is 5.97. The zero-order valence-corrected chi connectivity index (χ0v) is 19.5. The first-order chi connectivity index (χ1) is 12.4. The fraction of sp³-hybridized carbons (Fsp3) is 0.444. The number of halogens is 3. The summed E-state index contributed by atoms with van der Waals surface area (Å²) < 4.78 is 7.17. The molecule has 0 saturated heterocycles. The number of carbonyl (C=O) groups excluding carboxylic acids is 2. The van der Waals surface area contributed by atoms with Crippen LogP contribution in [0.1, 0.15) is 47.1 Å². The van der Waals surface area contributed by atoms with Gasteiger partial charge in [-0.25, -0.2) is 4.79 Å². The molecule has 0 amide bonds. The van der Waals surface area contributed by atoms with Crippen LogP contribution in [-0.4, -0.2) is 54.3 Å². The van der Waals surface area contributed by atoms with Gasteiger partial charge in [-0.1, -0.05) is 0 Å².